The number of rotatable bonds is 9. The van der Waals surface area contributed by atoms with E-state index in [4.69, 9.17) is 32.7 Å². The van der Waals surface area contributed by atoms with Crippen molar-refractivity contribution in [2.45, 2.75) is 17.9 Å². The molecule has 0 unspecified atom stereocenters. The molecule has 2 aromatic carbocycles. The van der Waals surface area contributed by atoms with Gasteiger partial charge in [-0.15, -0.1) is 0 Å². The largest absolute Gasteiger partial charge is 0.493 e. The summed E-state index contributed by atoms with van der Waals surface area (Å²) in [5.41, 5.74) is 0.709. The molecule has 29 heavy (non-hydrogen) atoms. The highest BCUT2D eigenvalue weighted by molar-refractivity contribution is 7.89. The molecule has 0 radical (unpaired) electrons. The molecule has 0 heterocycles. The molecule has 0 aliphatic heterocycles. The van der Waals surface area contributed by atoms with Crippen LogP contribution in [0.25, 0.3) is 0 Å². The van der Waals surface area contributed by atoms with Crippen molar-refractivity contribution < 1.29 is 22.7 Å². The Kier molecular flexibility index (Phi) is 8.15. The summed E-state index contributed by atoms with van der Waals surface area (Å²) in [6, 6.07) is 9.45. The van der Waals surface area contributed by atoms with E-state index < -0.39 is 10.0 Å². The Balaban J connectivity index is 1.95. The summed E-state index contributed by atoms with van der Waals surface area (Å²) in [4.78, 5) is 13.8. The quantitative estimate of drug-likeness (QED) is 0.619. The molecular formula is C19H22Cl2N2O5S. The summed E-state index contributed by atoms with van der Waals surface area (Å²) >= 11 is 12.1. The summed E-state index contributed by atoms with van der Waals surface area (Å²) in [7, 11) is 0.688. The number of nitrogens with one attached hydrogen (secondary N) is 1. The van der Waals surface area contributed by atoms with Crippen LogP contribution >= 0.6 is 23.2 Å². The predicted molar refractivity (Wildman–Crippen MR) is 112 cm³/mol. The van der Waals surface area contributed by atoms with E-state index in [1.165, 1.54) is 37.3 Å². The maximum absolute atomic E-state index is 12.5. The molecule has 7 nitrogen and oxygen atoms in total. The number of halogens is 2. The summed E-state index contributed by atoms with van der Waals surface area (Å²) in [6.07, 6.45) is -0.0127. The second-order valence-corrected chi connectivity index (χ2v) is 8.68. The van der Waals surface area contributed by atoms with E-state index in [1.54, 1.807) is 25.2 Å². The fraction of sp³-hybridized carbons (Fsp3) is 0.316. The van der Waals surface area contributed by atoms with Gasteiger partial charge in [0.25, 0.3) is 0 Å². The highest BCUT2D eigenvalue weighted by Crippen LogP contribution is 2.29. The first-order valence-corrected chi connectivity index (χ1v) is 10.8. The van der Waals surface area contributed by atoms with E-state index in [-0.39, 0.29) is 30.3 Å². The van der Waals surface area contributed by atoms with Gasteiger partial charge in [0.1, 0.15) is 0 Å². The fourth-order valence-electron chi connectivity index (χ4n) is 2.56. The smallest absolute Gasteiger partial charge is 0.240 e. The molecule has 0 spiro atoms. The lowest BCUT2D eigenvalue weighted by Crippen LogP contribution is -2.32. The normalized spacial score (nSPS) is 11.2. The average molecular weight is 461 g/mol. The number of nitrogens with zero attached hydrogens (tertiary/aromatic N) is 1. The summed E-state index contributed by atoms with van der Waals surface area (Å²) in [5, 5.41) is 0.802. The number of carbonyl (C=O) groups excluding carboxylic acids is 1. The Hall–Kier alpha value is -2.00. The van der Waals surface area contributed by atoms with E-state index in [9.17, 15) is 13.2 Å². The summed E-state index contributed by atoms with van der Waals surface area (Å²) in [5.74, 6) is 0.476. The van der Waals surface area contributed by atoms with Gasteiger partial charge in [-0.05, 0) is 23.8 Å². The van der Waals surface area contributed by atoms with Gasteiger partial charge in [-0.2, -0.15) is 0 Å². The van der Waals surface area contributed by atoms with Crippen molar-refractivity contribution >= 4 is 39.1 Å². The van der Waals surface area contributed by atoms with E-state index in [1.807, 2.05) is 0 Å². The zero-order valence-corrected chi connectivity index (χ0v) is 18.6. The molecule has 0 aliphatic rings. The van der Waals surface area contributed by atoms with Crippen LogP contribution in [-0.4, -0.2) is 47.0 Å². The SMILES string of the molecule is COc1ccc(S(=O)(=O)NCCC(=O)N(C)Cc2cccc(Cl)c2Cl)cc1OC. The van der Waals surface area contributed by atoms with Gasteiger partial charge >= 0.3 is 0 Å². The zero-order valence-electron chi connectivity index (χ0n) is 16.2. The minimum atomic E-state index is -3.81. The first-order valence-electron chi connectivity index (χ1n) is 8.58. The number of benzene rings is 2. The fourth-order valence-corrected chi connectivity index (χ4v) is 3.99. The molecule has 0 fully saturated rings. The number of ether oxygens (including phenoxy) is 2. The third kappa shape index (κ3) is 5.99. The highest BCUT2D eigenvalue weighted by Gasteiger charge is 2.18. The number of sulfonamides is 1. The summed E-state index contributed by atoms with van der Waals surface area (Å²) < 4.78 is 37.6. The van der Waals surface area contributed by atoms with Gasteiger partial charge < -0.3 is 14.4 Å². The van der Waals surface area contributed by atoms with Crippen molar-refractivity contribution in [2.75, 3.05) is 27.8 Å². The number of carbonyl (C=O) groups is 1. The van der Waals surface area contributed by atoms with Gasteiger partial charge in [0.2, 0.25) is 15.9 Å². The zero-order chi connectivity index (χ0) is 21.6. The maximum atomic E-state index is 12.5. The Labute approximate surface area is 180 Å². The Morgan fingerprint density at radius 1 is 1.10 bits per heavy atom. The average Bonchev–Trinajstić information content (AvgIpc) is 2.70. The molecule has 158 valence electrons. The third-order valence-corrected chi connectivity index (χ3v) is 6.48. The Morgan fingerprint density at radius 2 is 1.79 bits per heavy atom. The van der Waals surface area contributed by atoms with Crippen LogP contribution in [0.4, 0.5) is 0 Å². The van der Waals surface area contributed by atoms with Crippen LogP contribution in [0.2, 0.25) is 10.0 Å². The standard InChI is InChI=1S/C19H22Cl2N2O5S/c1-23(12-13-5-4-6-15(20)19(13)21)18(24)9-10-22-29(25,26)14-7-8-16(27-2)17(11-14)28-3/h4-8,11,22H,9-10,12H2,1-3H3. The molecule has 1 amide bonds. The van der Waals surface area contributed by atoms with Crippen LogP contribution in [0, 0.1) is 0 Å². The first-order chi connectivity index (χ1) is 13.7. The van der Waals surface area contributed by atoms with Gasteiger partial charge in [0, 0.05) is 32.6 Å². The van der Waals surface area contributed by atoms with Crippen molar-refractivity contribution in [3.63, 3.8) is 0 Å². The predicted octanol–water partition coefficient (Wildman–Crippen LogP) is 3.34. The lowest BCUT2D eigenvalue weighted by atomic mass is 10.2. The molecule has 2 aromatic rings. The number of hydrogen-bond acceptors (Lipinski definition) is 5. The van der Waals surface area contributed by atoms with Crippen molar-refractivity contribution in [3.8, 4) is 11.5 Å². The van der Waals surface area contributed by atoms with E-state index >= 15 is 0 Å². The molecular weight excluding hydrogens is 439 g/mol. The monoisotopic (exact) mass is 460 g/mol. The topological polar surface area (TPSA) is 84.9 Å². The van der Waals surface area contributed by atoms with Crippen LogP contribution in [0.1, 0.15) is 12.0 Å². The molecule has 2 rings (SSSR count). The molecule has 0 aromatic heterocycles. The van der Waals surface area contributed by atoms with E-state index in [2.05, 4.69) is 4.72 Å². The molecule has 10 heteroatoms. The Bertz CT molecular complexity index is 983. The molecule has 0 atom stereocenters. The Morgan fingerprint density at radius 3 is 2.45 bits per heavy atom. The molecule has 0 saturated heterocycles. The van der Waals surface area contributed by atoms with Gasteiger partial charge in [-0.25, -0.2) is 13.1 Å². The summed E-state index contributed by atoms with van der Waals surface area (Å²) in [6.45, 7) is 0.212. The molecule has 0 bridgehead atoms. The van der Waals surface area contributed by atoms with Crippen molar-refractivity contribution in [1.29, 1.82) is 0 Å². The first kappa shape index (κ1) is 23.3. The van der Waals surface area contributed by atoms with Crippen LogP contribution in [0.5, 0.6) is 11.5 Å². The van der Waals surface area contributed by atoms with Crippen molar-refractivity contribution in [1.82, 2.24) is 9.62 Å². The molecule has 1 N–H and O–H groups in total. The van der Waals surface area contributed by atoms with Gasteiger partial charge in [0.05, 0.1) is 29.2 Å². The van der Waals surface area contributed by atoms with Crippen LogP contribution in [0.3, 0.4) is 0 Å². The minimum Gasteiger partial charge on any atom is -0.493 e. The second-order valence-electron chi connectivity index (χ2n) is 6.13. The molecule has 0 aliphatic carbocycles. The third-order valence-electron chi connectivity index (χ3n) is 4.16. The lowest BCUT2D eigenvalue weighted by molar-refractivity contribution is -0.130. The lowest BCUT2D eigenvalue weighted by Gasteiger charge is -2.18. The number of hydrogen-bond donors (Lipinski definition) is 1. The number of methoxy groups -OCH3 is 2. The van der Waals surface area contributed by atoms with Crippen LogP contribution in [-0.2, 0) is 21.4 Å². The van der Waals surface area contributed by atoms with E-state index in [0.717, 1.165) is 0 Å². The minimum absolute atomic E-state index is 0.0127. The van der Waals surface area contributed by atoms with Crippen molar-refractivity contribution in [2.24, 2.45) is 0 Å². The highest BCUT2D eigenvalue weighted by atomic mass is 35.5. The maximum Gasteiger partial charge on any atom is 0.240 e. The van der Waals surface area contributed by atoms with Gasteiger partial charge in [-0.1, -0.05) is 35.3 Å². The van der Waals surface area contributed by atoms with Gasteiger partial charge in [0.15, 0.2) is 11.5 Å². The van der Waals surface area contributed by atoms with Crippen LogP contribution < -0.4 is 14.2 Å². The second kappa shape index (κ2) is 10.2. The van der Waals surface area contributed by atoms with Crippen molar-refractivity contribution in [3.05, 3.63) is 52.0 Å². The number of amides is 1. The molecule has 0 saturated carbocycles. The van der Waals surface area contributed by atoms with Crippen LogP contribution in [0.15, 0.2) is 41.3 Å². The van der Waals surface area contributed by atoms with E-state index in [0.29, 0.717) is 27.1 Å². The van der Waals surface area contributed by atoms with Gasteiger partial charge in [-0.3, -0.25) is 4.79 Å².